The van der Waals surface area contributed by atoms with E-state index in [1.165, 1.54) is 12.8 Å². The lowest BCUT2D eigenvalue weighted by Crippen LogP contribution is -2.18. The monoisotopic (exact) mass is 299 g/mol. The Morgan fingerprint density at radius 2 is 1.86 bits per heavy atom. The van der Waals surface area contributed by atoms with Crippen molar-refractivity contribution in [3.8, 4) is 5.82 Å². The predicted octanol–water partition coefficient (Wildman–Crippen LogP) is 3.07. The molecule has 1 aromatic carbocycles. The number of hydrogen-bond acceptors (Lipinski definition) is 4. The van der Waals surface area contributed by atoms with Gasteiger partial charge in [0.05, 0.1) is 5.52 Å². The van der Waals surface area contributed by atoms with Crippen LogP contribution >= 0.6 is 11.6 Å². The first kappa shape index (κ1) is 12.6. The maximum atomic E-state index is 5.91. The summed E-state index contributed by atoms with van der Waals surface area (Å²) in [5, 5.41) is 6.16. The standard InChI is InChI=1S/C15H14ClN5/c16-15-17-8-7-13(18-15)21-12-6-2-1-5-11(12)14(19-21)20-9-3-4-10-20/h1-2,5-8H,3-4,9-10H2. The van der Waals surface area contributed by atoms with E-state index in [0.717, 1.165) is 29.8 Å². The Hall–Kier alpha value is -2.14. The first-order valence-corrected chi connectivity index (χ1v) is 7.42. The fourth-order valence-corrected chi connectivity index (χ4v) is 2.97. The number of halogens is 1. The minimum absolute atomic E-state index is 0.231. The summed E-state index contributed by atoms with van der Waals surface area (Å²) < 4.78 is 1.84. The van der Waals surface area contributed by atoms with Crippen molar-refractivity contribution in [2.45, 2.75) is 12.8 Å². The fourth-order valence-electron chi connectivity index (χ4n) is 2.83. The van der Waals surface area contributed by atoms with Crippen molar-refractivity contribution in [1.82, 2.24) is 19.7 Å². The van der Waals surface area contributed by atoms with Crippen molar-refractivity contribution >= 4 is 28.3 Å². The largest absolute Gasteiger partial charge is 0.355 e. The molecule has 0 amide bonds. The summed E-state index contributed by atoms with van der Waals surface area (Å²) in [4.78, 5) is 10.5. The van der Waals surface area contributed by atoms with E-state index in [1.54, 1.807) is 6.20 Å². The maximum absolute atomic E-state index is 5.91. The summed E-state index contributed by atoms with van der Waals surface area (Å²) in [7, 11) is 0. The molecular formula is C15H14ClN5. The second-order valence-electron chi connectivity index (χ2n) is 5.13. The number of benzene rings is 1. The van der Waals surface area contributed by atoms with Crippen molar-refractivity contribution in [1.29, 1.82) is 0 Å². The van der Waals surface area contributed by atoms with E-state index in [9.17, 15) is 0 Å². The topological polar surface area (TPSA) is 46.8 Å². The van der Waals surface area contributed by atoms with Gasteiger partial charge in [0, 0.05) is 30.7 Å². The van der Waals surface area contributed by atoms with Gasteiger partial charge in [-0.3, -0.25) is 0 Å². The molecule has 2 aromatic heterocycles. The third-order valence-corrected chi connectivity index (χ3v) is 3.98. The molecule has 1 saturated heterocycles. The molecular weight excluding hydrogens is 286 g/mol. The molecule has 0 saturated carbocycles. The Balaban J connectivity index is 1.93. The van der Waals surface area contributed by atoms with Crippen LogP contribution in [0.5, 0.6) is 0 Å². The highest BCUT2D eigenvalue weighted by molar-refractivity contribution is 6.28. The molecule has 1 fully saturated rings. The first-order valence-electron chi connectivity index (χ1n) is 7.04. The summed E-state index contributed by atoms with van der Waals surface area (Å²) >= 11 is 5.91. The smallest absolute Gasteiger partial charge is 0.224 e. The highest BCUT2D eigenvalue weighted by atomic mass is 35.5. The van der Waals surface area contributed by atoms with Crippen molar-refractivity contribution in [3.63, 3.8) is 0 Å². The number of rotatable bonds is 2. The molecule has 4 rings (SSSR count). The van der Waals surface area contributed by atoms with Gasteiger partial charge in [-0.05, 0) is 36.6 Å². The van der Waals surface area contributed by atoms with Gasteiger partial charge in [-0.1, -0.05) is 12.1 Å². The Labute approximate surface area is 127 Å². The zero-order valence-electron chi connectivity index (χ0n) is 11.4. The van der Waals surface area contributed by atoms with Crippen LogP contribution in [-0.4, -0.2) is 32.8 Å². The van der Waals surface area contributed by atoms with Crippen molar-refractivity contribution in [2.24, 2.45) is 0 Å². The van der Waals surface area contributed by atoms with Crippen LogP contribution in [0.3, 0.4) is 0 Å². The number of fused-ring (bicyclic) bond motifs is 1. The van der Waals surface area contributed by atoms with Gasteiger partial charge in [-0.2, -0.15) is 4.98 Å². The van der Waals surface area contributed by atoms with E-state index >= 15 is 0 Å². The number of nitrogens with zero attached hydrogens (tertiary/aromatic N) is 5. The Morgan fingerprint density at radius 3 is 2.67 bits per heavy atom. The molecule has 0 N–H and O–H groups in total. The second-order valence-corrected chi connectivity index (χ2v) is 5.47. The van der Waals surface area contributed by atoms with Gasteiger partial charge in [0.15, 0.2) is 11.6 Å². The molecule has 0 unspecified atom stereocenters. The molecule has 5 nitrogen and oxygen atoms in total. The van der Waals surface area contributed by atoms with E-state index in [0.29, 0.717) is 5.82 Å². The molecule has 1 aliphatic heterocycles. The molecule has 0 radical (unpaired) electrons. The Kier molecular flexibility index (Phi) is 3.00. The van der Waals surface area contributed by atoms with Crippen LogP contribution in [0, 0.1) is 0 Å². The SMILES string of the molecule is Clc1nccc(-n2nc(N3CCCC3)c3ccccc32)n1. The summed E-state index contributed by atoms with van der Waals surface area (Å²) in [6, 6.07) is 10.0. The molecule has 0 bridgehead atoms. The van der Waals surface area contributed by atoms with Crippen LogP contribution in [0.2, 0.25) is 5.28 Å². The lowest BCUT2D eigenvalue weighted by atomic mass is 10.2. The summed E-state index contributed by atoms with van der Waals surface area (Å²) in [5.74, 6) is 1.72. The van der Waals surface area contributed by atoms with Gasteiger partial charge >= 0.3 is 0 Å². The van der Waals surface area contributed by atoms with Gasteiger partial charge < -0.3 is 4.90 Å². The summed E-state index contributed by atoms with van der Waals surface area (Å²) in [5.41, 5.74) is 1.04. The maximum Gasteiger partial charge on any atom is 0.224 e. The van der Waals surface area contributed by atoms with Gasteiger partial charge in [-0.25, -0.2) is 9.67 Å². The van der Waals surface area contributed by atoms with E-state index in [4.69, 9.17) is 16.7 Å². The molecule has 0 atom stereocenters. The normalized spacial score (nSPS) is 15.0. The highest BCUT2D eigenvalue weighted by Gasteiger charge is 2.20. The van der Waals surface area contributed by atoms with E-state index in [2.05, 4.69) is 27.0 Å². The van der Waals surface area contributed by atoms with Gasteiger partial charge in [-0.15, -0.1) is 5.10 Å². The van der Waals surface area contributed by atoms with Crippen LogP contribution in [-0.2, 0) is 0 Å². The van der Waals surface area contributed by atoms with Crippen LogP contribution in [0.15, 0.2) is 36.5 Å². The van der Waals surface area contributed by atoms with Crippen LogP contribution in [0.25, 0.3) is 16.7 Å². The van der Waals surface area contributed by atoms with Gasteiger partial charge in [0.1, 0.15) is 0 Å². The number of aromatic nitrogens is 4. The van der Waals surface area contributed by atoms with Crippen LogP contribution < -0.4 is 4.90 Å². The zero-order valence-corrected chi connectivity index (χ0v) is 12.2. The van der Waals surface area contributed by atoms with E-state index < -0.39 is 0 Å². The lowest BCUT2D eigenvalue weighted by molar-refractivity contribution is 0.835. The third kappa shape index (κ3) is 2.14. The van der Waals surface area contributed by atoms with E-state index in [-0.39, 0.29) is 5.28 Å². The van der Waals surface area contributed by atoms with Crippen molar-refractivity contribution in [2.75, 3.05) is 18.0 Å². The highest BCUT2D eigenvalue weighted by Crippen LogP contribution is 2.30. The molecule has 21 heavy (non-hydrogen) atoms. The average Bonchev–Trinajstić information content (AvgIpc) is 3.14. The molecule has 106 valence electrons. The molecule has 0 aliphatic carbocycles. The second kappa shape index (κ2) is 5.00. The van der Waals surface area contributed by atoms with E-state index in [1.807, 2.05) is 22.9 Å². The molecule has 1 aliphatic rings. The first-order chi connectivity index (χ1) is 10.3. The molecule has 3 heterocycles. The predicted molar refractivity (Wildman–Crippen MR) is 83.1 cm³/mol. The van der Waals surface area contributed by atoms with Crippen molar-refractivity contribution in [3.05, 3.63) is 41.8 Å². The number of anilines is 1. The zero-order chi connectivity index (χ0) is 14.2. The van der Waals surface area contributed by atoms with Gasteiger partial charge in [0.25, 0.3) is 0 Å². The quantitative estimate of drug-likeness (QED) is 0.682. The number of hydrogen-bond donors (Lipinski definition) is 0. The lowest BCUT2D eigenvalue weighted by Gasteiger charge is -2.13. The fraction of sp³-hybridized carbons (Fsp3) is 0.267. The average molecular weight is 300 g/mol. The number of para-hydroxylation sites is 1. The minimum Gasteiger partial charge on any atom is -0.355 e. The molecule has 3 aromatic rings. The summed E-state index contributed by atoms with van der Waals surface area (Å²) in [6.45, 7) is 2.12. The Morgan fingerprint density at radius 1 is 1.05 bits per heavy atom. The minimum atomic E-state index is 0.231. The van der Waals surface area contributed by atoms with Crippen molar-refractivity contribution < 1.29 is 0 Å². The van der Waals surface area contributed by atoms with Crippen LogP contribution in [0.4, 0.5) is 5.82 Å². The molecule has 0 spiro atoms. The summed E-state index contributed by atoms with van der Waals surface area (Å²) in [6.07, 6.45) is 4.09. The molecule has 6 heteroatoms. The third-order valence-electron chi connectivity index (χ3n) is 3.80. The van der Waals surface area contributed by atoms with Crippen LogP contribution in [0.1, 0.15) is 12.8 Å². The van der Waals surface area contributed by atoms with Gasteiger partial charge in [0.2, 0.25) is 5.28 Å². The Bertz CT molecular complexity index is 792.